The number of hydrogen-bond acceptors (Lipinski definition) is 3. The van der Waals surface area contributed by atoms with Gasteiger partial charge in [-0.3, -0.25) is 4.79 Å². The summed E-state index contributed by atoms with van der Waals surface area (Å²) in [6.07, 6.45) is 2.16. The predicted molar refractivity (Wildman–Crippen MR) is 75.5 cm³/mol. The molecule has 0 spiro atoms. The summed E-state index contributed by atoms with van der Waals surface area (Å²) in [6.45, 7) is 3.55. The van der Waals surface area contributed by atoms with Crippen LogP contribution in [0.5, 0.6) is 5.75 Å². The van der Waals surface area contributed by atoms with Crippen molar-refractivity contribution >= 4 is 17.5 Å². The SMILES string of the molecule is CCNCc1c(Cl)cccc1OCC(=O)NC1CC1. The molecule has 0 bridgehead atoms. The monoisotopic (exact) mass is 282 g/mol. The Balaban J connectivity index is 1.93. The zero-order chi connectivity index (χ0) is 13.7. The van der Waals surface area contributed by atoms with Gasteiger partial charge >= 0.3 is 0 Å². The van der Waals surface area contributed by atoms with Crippen LogP contribution in [0, 0.1) is 0 Å². The molecule has 1 aromatic carbocycles. The van der Waals surface area contributed by atoms with Crippen molar-refractivity contribution in [3.05, 3.63) is 28.8 Å². The van der Waals surface area contributed by atoms with Crippen molar-refractivity contribution in [2.45, 2.75) is 32.4 Å². The van der Waals surface area contributed by atoms with Crippen LogP contribution in [-0.4, -0.2) is 25.1 Å². The molecule has 2 N–H and O–H groups in total. The van der Waals surface area contributed by atoms with Crippen LogP contribution in [-0.2, 0) is 11.3 Å². The second-order valence-electron chi connectivity index (χ2n) is 4.63. The molecule has 1 saturated carbocycles. The van der Waals surface area contributed by atoms with Crippen molar-refractivity contribution in [1.29, 1.82) is 0 Å². The normalized spacial score (nSPS) is 14.2. The quantitative estimate of drug-likeness (QED) is 0.805. The first-order valence-electron chi connectivity index (χ1n) is 6.61. The highest BCUT2D eigenvalue weighted by Crippen LogP contribution is 2.26. The van der Waals surface area contributed by atoms with Gasteiger partial charge < -0.3 is 15.4 Å². The van der Waals surface area contributed by atoms with E-state index in [1.165, 1.54) is 0 Å². The number of ether oxygens (including phenoxy) is 1. The number of halogens is 1. The molecule has 1 aliphatic rings. The van der Waals surface area contributed by atoms with E-state index < -0.39 is 0 Å². The van der Waals surface area contributed by atoms with E-state index in [1.54, 1.807) is 0 Å². The first-order valence-corrected chi connectivity index (χ1v) is 6.98. The van der Waals surface area contributed by atoms with Crippen LogP contribution in [0.2, 0.25) is 5.02 Å². The fraction of sp³-hybridized carbons (Fsp3) is 0.500. The Hall–Kier alpha value is -1.26. The third-order valence-electron chi connectivity index (χ3n) is 2.93. The van der Waals surface area contributed by atoms with Crippen LogP contribution in [0.15, 0.2) is 18.2 Å². The summed E-state index contributed by atoms with van der Waals surface area (Å²) >= 11 is 6.15. The van der Waals surface area contributed by atoms with Gasteiger partial charge in [-0.25, -0.2) is 0 Å². The topological polar surface area (TPSA) is 50.4 Å². The first kappa shape index (κ1) is 14.2. The lowest BCUT2D eigenvalue weighted by Crippen LogP contribution is -2.30. The molecule has 1 fully saturated rings. The van der Waals surface area contributed by atoms with Gasteiger partial charge in [0.15, 0.2) is 6.61 Å². The molecule has 19 heavy (non-hydrogen) atoms. The van der Waals surface area contributed by atoms with E-state index in [0.717, 1.165) is 24.9 Å². The summed E-state index contributed by atoms with van der Waals surface area (Å²) < 4.78 is 5.57. The maximum Gasteiger partial charge on any atom is 0.258 e. The molecular formula is C14H19ClN2O2. The molecule has 2 rings (SSSR count). The van der Waals surface area contributed by atoms with E-state index in [-0.39, 0.29) is 12.5 Å². The standard InChI is InChI=1S/C14H19ClN2O2/c1-2-16-8-11-12(15)4-3-5-13(11)19-9-14(18)17-10-6-7-10/h3-5,10,16H,2,6-9H2,1H3,(H,17,18). The van der Waals surface area contributed by atoms with Gasteiger partial charge in [-0.05, 0) is 31.5 Å². The Morgan fingerprint density at radius 2 is 2.26 bits per heavy atom. The summed E-state index contributed by atoms with van der Waals surface area (Å²) in [5.74, 6) is 0.594. The van der Waals surface area contributed by atoms with Gasteiger partial charge in [0.2, 0.25) is 0 Å². The number of amides is 1. The van der Waals surface area contributed by atoms with E-state index in [9.17, 15) is 4.79 Å². The van der Waals surface area contributed by atoms with Crippen molar-refractivity contribution in [2.75, 3.05) is 13.2 Å². The van der Waals surface area contributed by atoms with Crippen molar-refractivity contribution in [1.82, 2.24) is 10.6 Å². The Morgan fingerprint density at radius 3 is 2.95 bits per heavy atom. The highest BCUT2D eigenvalue weighted by molar-refractivity contribution is 6.31. The van der Waals surface area contributed by atoms with Gasteiger partial charge in [0.25, 0.3) is 5.91 Å². The lowest BCUT2D eigenvalue weighted by molar-refractivity contribution is -0.123. The Bertz CT molecular complexity index is 447. The van der Waals surface area contributed by atoms with Crippen LogP contribution in [0.4, 0.5) is 0 Å². The molecule has 0 radical (unpaired) electrons. The van der Waals surface area contributed by atoms with Gasteiger partial charge in [-0.2, -0.15) is 0 Å². The summed E-state index contributed by atoms with van der Waals surface area (Å²) in [4.78, 5) is 11.6. The van der Waals surface area contributed by atoms with Gasteiger partial charge in [0.1, 0.15) is 5.75 Å². The Morgan fingerprint density at radius 1 is 1.47 bits per heavy atom. The molecule has 4 nitrogen and oxygen atoms in total. The maximum absolute atomic E-state index is 11.6. The molecule has 1 aromatic rings. The fourth-order valence-corrected chi connectivity index (χ4v) is 1.97. The zero-order valence-electron chi connectivity index (χ0n) is 11.0. The second kappa shape index (κ2) is 6.78. The first-order chi connectivity index (χ1) is 9.20. The molecular weight excluding hydrogens is 264 g/mol. The number of carbonyl (C=O) groups is 1. The Kier molecular flexibility index (Phi) is 5.05. The third kappa shape index (κ3) is 4.40. The molecule has 1 amide bonds. The highest BCUT2D eigenvalue weighted by Gasteiger charge is 2.23. The summed E-state index contributed by atoms with van der Waals surface area (Å²) in [5, 5.41) is 6.75. The van der Waals surface area contributed by atoms with E-state index in [2.05, 4.69) is 10.6 Å². The van der Waals surface area contributed by atoms with E-state index >= 15 is 0 Å². The van der Waals surface area contributed by atoms with Crippen LogP contribution in [0.1, 0.15) is 25.3 Å². The highest BCUT2D eigenvalue weighted by atomic mass is 35.5. The average Bonchev–Trinajstić information content (AvgIpc) is 3.19. The van der Waals surface area contributed by atoms with Crippen LogP contribution >= 0.6 is 11.6 Å². The second-order valence-corrected chi connectivity index (χ2v) is 5.03. The molecule has 1 aliphatic carbocycles. The van der Waals surface area contributed by atoms with E-state index in [1.807, 2.05) is 25.1 Å². The minimum atomic E-state index is -0.0723. The van der Waals surface area contributed by atoms with Crippen LogP contribution in [0.3, 0.4) is 0 Å². The summed E-state index contributed by atoms with van der Waals surface area (Å²) in [6, 6.07) is 5.84. The summed E-state index contributed by atoms with van der Waals surface area (Å²) in [5.41, 5.74) is 0.894. The average molecular weight is 283 g/mol. The molecule has 0 heterocycles. The number of hydrogen-bond donors (Lipinski definition) is 2. The number of benzene rings is 1. The number of nitrogens with one attached hydrogen (secondary N) is 2. The summed E-state index contributed by atoms with van der Waals surface area (Å²) in [7, 11) is 0. The van der Waals surface area contributed by atoms with Gasteiger partial charge in [0.05, 0.1) is 0 Å². The molecule has 0 aliphatic heterocycles. The lowest BCUT2D eigenvalue weighted by atomic mass is 10.2. The Labute approximate surface area is 118 Å². The minimum absolute atomic E-state index is 0.0377. The van der Waals surface area contributed by atoms with Crippen molar-refractivity contribution in [3.8, 4) is 5.75 Å². The molecule has 5 heteroatoms. The molecule has 0 aromatic heterocycles. The maximum atomic E-state index is 11.6. The molecule has 0 atom stereocenters. The zero-order valence-corrected chi connectivity index (χ0v) is 11.8. The largest absolute Gasteiger partial charge is 0.483 e. The molecule has 104 valence electrons. The van der Waals surface area contributed by atoms with E-state index in [0.29, 0.717) is 23.4 Å². The van der Waals surface area contributed by atoms with Crippen LogP contribution in [0.25, 0.3) is 0 Å². The smallest absolute Gasteiger partial charge is 0.258 e. The van der Waals surface area contributed by atoms with Crippen molar-refractivity contribution in [2.24, 2.45) is 0 Å². The van der Waals surface area contributed by atoms with Gasteiger partial charge in [-0.1, -0.05) is 24.6 Å². The van der Waals surface area contributed by atoms with Gasteiger partial charge in [0, 0.05) is 23.2 Å². The number of carbonyl (C=O) groups excluding carboxylic acids is 1. The van der Waals surface area contributed by atoms with Crippen LogP contribution < -0.4 is 15.4 Å². The van der Waals surface area contributed by atoms with Gasteiger partial charge in [-0.15, -0.1) is 0 Å². The predicted octanol–water partition coefficient (Wildman–Crippen LogP) is 2.11. The van der Waals surface area contributed by atoms with E-state index in [4.69, 9.17) is 16.3 Å². The third-order valence-corrected chi connectivity index (χ3v) is 3.28. The minimum Gasteiger partial charge on any atom is -0.483 e. The number of rotatable bonds is 7. The molecule has 0 saturated heterocycles. The fourth-order valence-electron chi connectivity index (χ4n) is 1.74. The van der Waals surface area contributed by atoms with Crippen molar-refractivity contribution in [3.63, 3.8) is 0 Å². The van der Waals surface area contributed by atoms with Crippen molar-refractivity contribution < 1.29 is 9.53 Å². The molecule has 0 unspecified atom stereocenters. The lowest BCUT2D eigenvalue weighted by Gasteiger charge is -2.13.